The maximum atomic E-state index is 8.86. The minimum absolute atomic E-state index is 0.214. The van der Waals surface area contributed by atoms with Crippen LogP contribution in [0.5, 0.6) is 0 Å². The Morgan fingerprint density at radius 3 is 2.94 bits per heavy atom. The zero-order valence-electron chi connectivity index (χ0n) is 10.4. The van der Waals surface area contributed by atoms with Crippen molar-refractivity contribution in [2.75, 3.05) is 13.2 Å². The summed E-state index contributed by atoms with van der Waals surface area (Å²) in [4.78, 5) is 1.26. The summed E-state index contributed by atoms with van der Waals surface area (Å²) in [6.07, 6.45) is 3.00. The molecule has 96 valence electrons. The Labute approximate surface area is 106 Å². The number of hydrogen-bond acceptors (Lipinski definition) is 4. The fourth-order valence-electron chi connectivity index (χ4n) is 2.03. The largest absolute Gasteiger partial charge is 0.396 e. The van der Waals surface area contributed by atoms with E-state index in [0.29, 0.717) is 6.61 Å². The Morgan fingerprint density at radius 2 is 2.29 bits per heavy atom. The Hall–Kier alpha value is -0.420. The van der Waals surface area contributed by atoms with E-state index in [1.165, 1.54) is 10.4 Å². The predicted molar refractivity (Wildman–Crippen MR) is 68.3 cm³/mol. The molecular weight excluding hydrogens is 236 g/mol. The molecule has 0 bridgehead atoms. The van der Waals surface area contributed by atoms with Crippen LogP contribution in [-0.2, 0) is 22.3 Å². The van der Waals surface area contributed by atoms with Gasteiger partial charge < -0.3 is 14.6 Å². The Bertz CT molecular complexity index is 359. The van der Waals surface area contributed by atoms with Gasteiger partial charge in [-0.3, -0.25) is 0 Å². The first-order valence-electron chi connectivity index (χ1n) is 6.08. The Balaban J connectivity index is 1.78. The highest BCUT2D eigenvalue weighted by atomic mass is 32.1. The number of thiophene rings is 1. The molecule has 0 radical (unpaired) electrons. The number of ether oxygens (including phenoxy) is 2. The molecule has 0 aromatic carbocycles. The van der Waals surface area contributed by atoms with Crippen LogP contribution in [0.15, 0.2) is 11.4 Å². The van der Waals surface area contributed by atoms with Crippen molar-refractivity contribution in [3.63, 3.8) is 0 Å². The number of aliphatic hydroxyl groups excluding tert-OH is 1. The Kier molecular flexibility index (Phi) is 4.20. The molecule has 0 aliphatic carbocycles. The van der Waals surface area contributed by atoms with Crippen LogP contribution in [0, 0.1) is 0 Å². The summed E-state index contributed by atoms with van der Waals surface area (Å²) < 4.78 is 11.3. The smallest absolute Gasteiger partial charge is 0.163 e. The summed E-state index contributed by atoms with van der Waals surface area (Å²) in [5, 5.41) is 11.0. The molecule has 0 unspecified atom stereocenters. The van der Waals surface area contributed by atoms with Gasteiger partial charge in [0.05, 0.1) is 12.7 Å². The van der Waals surface area contributed by atoms with Gasteiger partial charge in [-0.15, -0.1) is 11.3 Å². The van der Waals surface area contributed by atoms with Crippen molar-refractivity contribution in [2.24, 2.45) is 0 Å². The quantitative estimate of drug-likeness (QED) is 0.879. The third-order valence-electron chi connectivity index (χ3n) is 2.89. The topological polar surface area (TPSA) is 38.7 Å². The molecule has 1 saturated heterocycles. The molecular formula is C13H20O3S. The molecule has 3 nitrogen and oxygen atoms in total. The standard InChI is InChI=1S/C13H20O3S/c1-13(2)15-8-11(16-13)4-3-10-7-12(5-6-14)17-9-10/h7,9,11,14H,3-6,8H2,1-2H3/t11-/m0/s1. The summed E-state index contributed by atoms with van der Waals surface area (Å²) in [7, 11) is 0. The zero-order chi connectivity index (χ0) is 12.3. The van der Waals surface area contributed by atoms with Crippen LogP contribution in [0.25, 0.3) is 0 Å². The fraction of sp³-hybridized carbons (Fsp3) is 0.692. The van der Waals surface area contributed by atoms with E-state index in [9.17, 15) is 0 Å². The van der Waals surface area contributed by atoms with Crippen LogP contribution < -0.4 is 0 Å². The van der Waals surface area contributed by atoms with Crippen molar-refractivity contribution >= 4 is 11.3 Å². The van der Waals surface area contributed by atoms with E-state index in [-0.39, 0.29) is 12.7 Å². The second kappa shape index (κ2) is 5.48. The lowest BCUT2D eigenvalue weighted by Crippen LogP contribution is -2.21. The van der Waals surface area contributed by atoms with Gasteiger partial charge in [0.25, 0.3) is 0 Å². The number of rotatable bonds is 5. The van der Waals surface area contributed by atoms with Gasteiger partial charge >= 0.3 is 0 Å². The van der Waals surface area contributed by atoms with Crippen LogP contribution in [0.1, 0.15) is 30.7 Å². The van der Waals surface area contributed by atoms with Gasteiger partial charge in [0, 0.05) is 17.9 Å². The zero-order valence-corrected chi connectivity index (χ0v) is 11.3. The third-order valence-corrected chi connectivity index (χ3v) is 3.93. The average molecular weight is 256 g/mol. The molecule has 1 atom stereocenters. The predicted octanol–water partition coefficient (Wildman–Crippen LogP) is 2.37. The first kappa shape index (κ1) is 13.0. The van der Waals surface area contributed by atoms with Crippen molar-refractivity contribution in [3.8, 4) is 0 Å². The minimum atomic E-state index is -0.415. The molecule has 1 N–H and O–H groups in total. The molecule has 4 heteroatoms. The molecule has 1 aliphatic rings. The first-order chi connectivity index (χ1) is 8.09. The second-order valence-corrected chi connectivity index (χ2v) is 5.88. The van der Waals surface area contributed by atoms with Crippen LogP contribution in [-0.4, -0.2) is 30.2 Å². The summed E-state index contributed by atoms with van der Waals surface area (Å²) in [6, 6.07) is 2.18. The molecule has 2 rings (SSSR count). The van der Waals surface area contributed by atoms with Gasteiger partial charge in [-0.1, -0.05) is 0 Å². The monoisotopic (exact) mass is 256 g/mol. The summed E-state index contributed by atoms with van der Waals surface area (Å²) in [6.45, 7) is 4.84. The van der Waals surface area contributed by atoms with E-state index in [1.807, 2.05) is 13.8 Å². The van der Waals surface area contributed by atoms with Crippen molar-refractivity contribution in [1.29, 1.82) is 0 Å². The maximum Gasteiger partial charge on any atom is 0.163 e. The van der Waals surface area contributed by atoms with Crippen molar-refractivity contribution in [3.05, 3.63) is 21.9 Å². The van der Waals surface area contributed by atoms with Crippen LogP contribution in [0.4, 0.5) is 0 Å². The highest BCUT2D eigenvalue weighted by Gasteiger charge is 2.32. The average Bonchev–Trinajstić information content (AvgIpc) is 2.83. The van der Waals surface area contributed by atoms with E-state index in [2.05, 4.69) is 11.4 Å². The SMILES string of the molecule is CC1(C)OC[C@H](CCc2csc(CCO)c2)O1. The molecule has 0 saturated carbocycles. The van der Waals surface area contributed by atoms with E-state index in [0.717, 1.165) is 19.3 Å². The van der Waals surface area contributed by atoms with Crippen molar-refractivity contribution < 1.29 is 14.6 Å². The number of hydrogen-bond donors (Lipinski definition) is 1. The van der Waals surface area contributed by atoms with E-state index in [1.54, 1.807) is 11.3 Å². The van der Waals surface area contributed by atoms with Gasteiger partial charge in [0.1, 0.15) is 0 Å². The lowest BCUT2D eigenvalue weighted by Gasteiger charge is -2.16. The minimum Gasteiger partial charge on any atom is -0.396 e. The van der Waals surface area contributed by atoms with Gasteiger partial charge in [0.15, 0.2) is 5.79 Å². The van der Waals surface area contributed by atoms with Gasteiger partial charge in [-0.25, -0.2) is 0 Å². The molecule has 2 heterocycles. The lowest BCUT2D eigenvalue weighted by molar-refractivity contribution is -0.138. The highest BCUT2D eigenvalue weighted by molar-refractivity contribution is 7.10. The highest BCUT2D eigenvalue weighted by Crippen LogP contribution is 2.25. The van der Waals surface area contributed by atoms with Crippen LogP contribution in [0.3, 0.4) is 0 Å². The third kappa shape index (κ3) is 3.78. The summed E-state index contributed by atoms with van der Waals surface area (Å²) >= 11 is 1.72. The molecule has 0 amide bonds. The number of aryl methyl sites for hydroxylation is 1. The molecule has 17 heavy (non-hydrogen) atoms. The van der Waals surface area contributed by atoms with Crippen LogP contribution >= 0.6 is 11.3 Å². The normalized spacial score (nSPS) is 23.1. The van der Waals surface area contributed by atoms with Crippen molar-refractivity contribution in [1.82, 2.24) is 0 Å². The van der Waals surface area contributed by atoms with Crippen LogP contribution in [0.2, 0.25) is 0 Å². The second-order valence-electron chi connectivity index (χ2n) is 4.88. The van der Waals surface area contributed by atoms with E-state index in [4.69, 9.17) is 14.6 Å². The fourth-order valence-corrected chi connectivity index (χ4v) is 2.95. The van der Waals surface area contributed by atoms with Gasteiger partial charge in [0.2, 0.25) is 0 Å². The molecule has 1 aromatic heterocycles. The molecule has 1 fully saturated rings. The lowest BCUT2D eigenvalue weighted by atomic mass is 10.1. The van der Waals surface area contributed by atoms with Gasteiger partial charge in [-0.2, -0.15) is 0 Å². The first-order valence-corrected chi connectivity index (χ1v) is 6.96. The van der Waals surface area contributed by atoms with E-state index < -0.39 is 5.79 Å². The molecule has 0 spiro atoms. The summed E-state index contributed by atoms with van der Waals surface area (Å²) in [5.74, 6) is -0.415. The van der Waals surface area contributed by atoms with Gasteiger partial charge in [-0.05, 0) is 43.7 Å². The molecule has 1 aromatic rings. The number of aliphatic hydroxyl groups is 1. The summed E-state index contributed by atoms with van der Waals surface area (Å²) in [5.41, 5.74) is 1.34. The molecule has 1 aliphatic heterocycles. The van der Waals surface area contributed by atoms with Crippen molar-refractivity contribution in [2.45, 2.75) is 45.0 Å². The Morgan fingerprint density at radius 1 is 1.47 bits per heavy atom. The van der Waals surface area contributed by atoms with E-state index >= 15 is 0 Å². The maximum absolute atomic E-state index is 8.86.